The molecule has 0 aliphatic carbocycles. The summed E-state index contributed by atoms with van der Waals surface area (Å²) >= 11 is 0. The Morgan fingerprint density at radius 3 is 2.52 bits per heavy atom. The molecule has 21 heavy (non-hydrogen) atoms. The van der Waals surface area contributed by atoms with Crippen LogP contribution in [-0.4, -0.2) is 25.2 Å². The zero-order valence-corrected chi connectivity index (χ0v) is 12.7. The van der Waals surface area contributed by atoms with Crippen LogP contribution in [0.2, 0.25) is 0 Å². The summed E-state index contributed by atoms with van der Waals surface area (Å²) in [5.41, 5.74) is 1.94. The lowest BCUT2D eigenvalue weighted by Gasteiger charge is -2.05. The second-order valence-electron chi connectivity index (χ2n) is 5.20. The Bertz CT molecular complexity index is 532. The molecule has 1 atom stereocenters. The molecule has 0 saturated heterocycles. The molecule has 0 bridgehead atoms. The maximum atomic E-state index is 9.51. The lowest BCUT2D eigenvalue weighted by atomic mass is 10.1. The maximum absolute atomic E-state index is 9.51. The molecule has 4 nitrogen and oxygen atoms in total. The molecule has 1 aromatic carbocycles. The second kappa shape index (κ2) is 7.98. The summed E-state index contributed by atoms with van der Waals surface area (Å²) in [5.74, 6) is 1.80. The van der Waals surface area contributed by atoms with E-state index in [0.717, 1.165) is 48.7 Å². The molecule has 0 radical (unpaired) electrons. The van der Waals surface area contributed by atoms with Gasteiger partial charge in [-0.2, -0.15) is 0 Å². The van der Waals surface area contributed by atoms with E-state index in [1.165, 1.54) is 0 Å². The molecule has 0 spiro atoms. The van der Waals surface area contributed by atoms with Gasteiger partial charge in [0.2, 0.25) is 0 Å². The Labute approximate surface area is 126 Å². The third-order valence-electron chi connectivity index (χ3n) is 3.42. The van der Waals surface area contributed by atoms with Gasteiger partial charge in [-0.15, -0.1) is 0 Å². The topological polar surface area (TPSA) is 57.4 Å². The normalized spacial score (nSPS) is 12.5. The van der Waals surface area contributed by atoms with Crippen LogP contribution in [0.5, 0.6) is 0 Å². The first-order valence-electron chi connectivity index (χ1n) is 7.43. The van der Waals surface area contributed by atoms with Crippen molar-refractivity contribution in [2.24, 2.45) is 0 Å². The molecule has 3 N–H and O–H groups in total. The lowest BCUT2D eigenvalue weighted by molar-refractivity contribution is 0.199. The number of benzene rings is 1. The van der Waals surface area contributed by atoms with Crippen LogP contribution in [0.25, 0.3) is 11.3 Å². The zero-order chi connectivity index (χ0) is 15.1. The van der Waals surface area contributed by atoms with Crippen molar-refractivity contribution in [3.8, 4) is 11.3 Å². The van der Waals surface area contributed by atoms with Gasteiger partial charge in [0.25, 0.3) is 0 Å². The molecule has 4 heteroatoms. The summed E-state index contributed by atoms with van der Waals surface area (Å²) in [4.78, 5) is 0. The van der Waals surface area contributed by atoms with Crippen LogP contribution in [0.15, 0.2) is 40.8 Å². The van der Waals surface area contributed by atoms with E-state index in [4.69, 9.17) is 4.42 Å². The second-order valence-corrected chi connectivity index (χ2v) is 5.20. The Kier molecular flexibility index (Phi) is 5.99. The van der Waals surface area contributed by atoms with Gasteiger partial charge in [-0.25, -0.2) is 0 Å². The number of aliphatic hydroxyl groups excluding tert-OH is 1. The van der Waals surface area contributed by atoms with Crippen LogP contribution in [0, 0.1) is 0 Å². The van der Waals surface area contributed by atoms with Gasteiger partial charge in [0.05, 0.1) is 12.6 Å². The molecule has 0 saturated carbocycles. The van der Waals surface area contributed by atoms with Crippen LogP contribution in [0.1, 0.15) is 30.8 Å². The highest BCUT2D eigenvalue weighted by Crippen LogP contribution is 2.24. The highest BCUT2D eigenvalue weighted by Gasteiger charge is 2.06. The monoisotopic (exact) mass is 288 g/mol. The Morgan fingerprint density at radius 1 is 1.10 bits per heavy atom. The predicted octanol–water partition coefficient (Wildman–Crippen LogP) is 2.70. The average Bonchev–Trinajstić information content (AvgIpc) is 2.96. The molecule has 2 rings (SSSR count). The van der Waals surface area contributed by atoms with E-state index in [2.05, 4.69) is 10.6 Å². The number of furan rings is 1. The van der Waals surface area contributed by atoms with Crippen molar-refractivity contribution in [3.05, 3.63) is 47.7 Å². The van der Waals surface area contributed by atoms with E-state index in [1.54, 1.807) is 6.92 Å². The molecule has 0 aliphatic rings. The molecule has 2 aromatic rings. The number of aliphatic hydroxyl groups is 1. The first-order chi connectivity index (χ1) is 10.2. The Morgan fingerprint density at radius 2 is 1.86 bits per heavy atom. The van der Waals surface area contributed by atoms with Gasteiger partial charge in [0.15, 0.2) is 0 Å². The van der Waals surface area contributed by atoms with Crippen LogP contribution < -0.4 is 10.6 Å². The minimum atomic E-state index is -0.437. The van der Waals surface area contributed by atoms with Gasteiger partial charge in [-0.1, -0.05) is 24.3 Å². The molecule has 1 aromatic heterocycles. The Hall–Kier alpha value is -1.62. The fraction of sp³-hybridized carbons (Fsp3) is 0.412. The van der Waals surface area contributed by atoms with Gasteiger partial charge in [-0.05, 0) is 51.2 Å². The van der Waals surface area contributed by atoms with E-state index < -0.39 is 6.10 Å². The van der Waals surface area contributed by atoms with Gasteiger partial charge in [0.1, 0.15) is 11.5 Å². The quantitative estimate of drug-likeness (QED) is 0.654. The van der Waals surface area contributed by atoms with Crippen molar-refractivity contribution in [1.29, 1.82) is 0 Å². The van der Waals surface area contributed by atoms with Gasteiger partial charge < -0.3 is 20.2 Å². The standard InChI is InChI=1S/C17H24N2O2/c1-13(20)14-4-6-15(7-5-14)17-9-8-16(21-17)12-19-11-3-10-18-2/h4-9,13,18-20H,3,10-12H2,1-2H3. The molecule has 1 unspecified atom stereocenters. The zero-order valence-electron chi connectivity index (χ0n) is 12.7. The summed E-state index contributed by atoms with van der Waals surface area (Å²) in [7, 11) is 1.96. The average molecular weight is 288 g/mol. The SMILES string of the molecule is CNCCCNCc1ccc(-c2ccc(C(C)O)cc2)o1. The summed E-state index contributed by atoms with van der Waals surface area (Å²) < 4.78 is 5.84. The summed E-state index contributed by atoms with van der Waals surface area (Å²) in [6, 6.07) is 11.8. The van der Waals surface area contributed by atoms with Gasteiger partial charge in [0, 0.05) is 5.56 Å². The molecule has 0 fully saturated rings. The van der Waals surface area contributed by atoms with E-state index >= 15 is 0 Å². The van der Waals surface area contributed by atoms with Crippen LogP contribution in [0.4, 0.5) is 0 Å². The van der Waals surface area contributed by atoms with Crippen LogP contribution in [0.3, 0.4) is 0 Å². The van der Waals surface area contributed by atoms with Gasteiger partial charge >= 0.3 is 0 Å². The maximum Gasteiger partial charge on any atom is 0.134 e. The Balaban J connectivity index is 1.90. The number of hydrogen-bond acceptors (Lipinski definition) is 4. The third kappa shape index (κ3) is 4.70. The summed E-state index contributed by atoms with van der Waals surface area (Å²) in [5, 5.41) is 16.0. The van der Waals surface area contributed by atoms with E-state index in [9.17, 15) is 5.11 Å². The van der Waals surface area contributed by atoms with Gasteiger partial charge in [-0.3, -0.25) is 0 Å². The molecule has 114 valence electrons. The summed E-state index contributed by atoms with van der Waals surface area (Å²) in [6.07, 6.45) is 0.665. The van der Waals surface area contributed by atoms with E-state index in [-0.39, 0.29) is 0 Å². The number of rotatable bonds is 8. The lowest BCUT2D eigenvalue weighted by Crippen LogP contribution is -2.19. The van der Waals surface area contributed by atoms with E-state index in [1.807, 2.05) is 43.4 Å². The largest absolute Gasteiger partial charge is 0.460 e. The highest BCUT2D eigenvalue weighted by atomic mass is 16.3. The van der Waals surface area contributed by atoms with E-state index in [0.29, 0.717) is 0 Å². The molecular formula is C17H24N2O2. The number of nitrogens with one attached hydrogen (secondary N) is 2. The smallest absolute Gasteiger partial charge is 0.134 e. The molecule has 0 aliphatic heterocycles. The predicted molar refractivity (Wildman–Crippen MR) is 85.0 cm³/mol. The molecular weight excluding hydrogens is 264 g/mol. The van der Waals surface area contributed by atoms with Crippen molar-refractivity contribution >= 4 is 0 Å². The van der Waals surface area contributed by atoms with Crippen molar-refractivity contribution in [1.82, 2.24) is 10.6 Å². The fourth-order valence-corrected chi connectivity index (χ4v) is 2.16. The van der Waals surface area contributed by atoms with Crippen molar-refractivity contribution in [3.63, 3.8) is 0 Å². The first-order valence-corrected chi connectivity index (χ1v) is 7.43. The molecule has 0 amide bonds. The number of hydrogen-bond donors (Lipinski definition) is 3. The van der Waals surface area contributed by atoms with Crippen LogP contribution >= 0.6 is 0 Å². The minimum absolute atomic E-state index is 0.437. The molecule has 1 heterocycles. The van der Waals surface area contributed by atoms with Crippen molar-refractivity contribution in [2.75, 3.05) is 20.1 Å². The first kappa shape index (κ1) is 15.8. The minimum Gasteiger partial charge on any atom is -0.460 e. The summed E-state index contributed by atoms with van der Waals surface area (Å²) in [6.45, 7) is 4.50. The fourth-order valence-electron chi connectivity index (χ4n) is 2.16. The van der Waals surface area contributed by atoms with Crippen molar-refractivity contribution < 1.29 is 9.52 Å². The third-order valence-corrected chi connectivity index (χ3v) is 3.42. The highest BCUT2D eigenvalue weighted by molar-refractivity contribution is 5.58. The van der Waals surface area contributed by atoms with Crippen LogP contribution in [-0.2, 0) is 6.54 Å². The van der Waals surface area contributed by atoms with Crippen molar-refractivity contribution in [2.45, 2.75) is 26.0 Å².